The van der Waals surface area contributed by atoms with E-state index in [-0.39, 0.29) is 35.9 Å². The maximum absolute atomic E-state index is 11.9. The quantitative estimate of drug-likeness (QED) is 0.589. The fraction of sp³-hybridized carbons (Fsp3) is 0.158. The van der Waals surface area contributed by atoms with Crippen molar-refractivity contribution in [2.45, 2.75) is 19.3 Å². The molecule has 0 heterocycles. The molecule has 0 aliphatic rings. The molecule has 5 heteroatoms. The molecule has 4 nitrogen and oxygen atoms in total. The maximum atomic E-state index is 11.9. The van der Waals surface area contributed by atoms with Crippen molar-refractivity contribution in [3.63, 3.8) is 0 Å². The molecule has 0 saturated heterocycles. The highest BCUT2D eigenvalue weighted by Crippen LogP contribution is 2.22. The van der Waals surface area contributed by atoms with Gasteiger partial charge in [0, 0.05) is 6.42 Å². The van der Waals surface area contributed by atoms with Crippen molar-refractivity contribution in [2.75, 3.05) is 0 Å². The minimum absolute atomic E-state index is 0.0490. The molecule has 0 fully saturated rings. The number of hydrogen-bond donors (Lipinski definition) is 2. The Morgan fingerprint density at radius 1 is 1.00 bits per heavy atom. The normalized spacial score (nSPS) is 10.9. The van der Waals surface area contributed by atoms with E-state index in [1.54, 1.807) is 30.3 Å². The van der Waals surface area contributed by atoms with Gasteiger partial charge in [0.05, 0.1) is 11.4 Å². The first kappa shape index (κ1) is 17.8. The summed E-state index contributed by atoms with van der Waals surface area (Å²) in [6, 6.07) is 11.1. The zero-order valence-electron chi connectivity index (χ0n) is 12.9. The molecular formula is C19H17ClO4. The second-order valence-corrected chi connectivity index (χ2v) is 5.79. The van der Waals surface area contributed by atoms with Gasteiger partial charge in [-0.05, 0) is 60.0 Å². The van der Waals surface area contributed by atoms with Gasteiger partial charge >= 0.3 is 0 Å². The van der Waals surface area contributed by atoms with Gasteiger partial charge in [0.2, 0.25) is 0 Å². The van der Waals surface area contributed by atoms with E-state index in [4.69, 9.17) is 11.6 Å². The van der Waals surface area contributed by atoms with Crippen molar-refractivity contribution in [3.05, 3.63) is 64.7 Å². The summed E-state index contributed by atoms with van der Waals surface area (Å²) in [6.07, 6.45) is 3.47. The summed E-state index contributed by atoms with van der Waals surface area (Å²) < 4.78 is 0. The molecule has 0 radical (unpaired) electrons. The van der Waals surface area contributed by atoms with E-state index in [9.17, 15) is 19.8 Å². The molecule has 2 aromatic carbocycles. The third kappa shape index (κ3) is 5.56. The van der Waals surface area contributed by atoms with E-state index in [1.807, 2.05) is 0 Å². The average Bonchev–Trinajstić information content (AvgIpc) is 2.53. The predicted octanol–water partition coefficient (Wildman–Crippen LogP) is 3.93. The first-order chi connectivity index (χ1) is 11.4. The summed E-state index contributed by atoms with van der Waals surface area (Å²) in [7, 11) is 0. The Hall–Kier alpha value is -2.59. The molecule has 0 unspecified atom stereocenters. The minimum Gasteiger partial charge on any atom is -0.508 e. The van der Waals surface area contributed by atoms with Gasteiger partial charge in [-0.2, -0.15) is 0 Å². The molecule has 0 bridgehead atoms. The number of benzene rings is 2. The van der Waals surface area contributed by atoms with Crippen molar-refractivity contribution in [1.29, 1.82) is 0 Å². The standard InChI is InChI=1S/C19H17ClO4/c20-19-12-18(24)10-5-14(19)4-9-17(23)11-16(22)8-3-13-1-6-15(21)7-2-13/h1-2,4-7,9-10,12,21,24H,3,8,11H2/b9-4+. The van der Waals surface area contributed by atoms with Crippen molar-refractivity contribution in [3.8, 4) is 11.5 Å². The Morgan fingerprint density at radius 2 is 1.67 bits per heavy atom. The predicted molar refractivity (Wildman–Crippen MR) is 93.2 cm³/mol. The van der Waals surface area contributed by atoms with E-state index >= 15 is 0 Å². The van der Waals surface area contributed by atoms with Gasteiger partial charge in [0.15, 0.2) is 5.78 Å². The van der Waals surface area contributed by atoms with Gasteiger partial charge in [-0.3, -0.25) is 9.59 Å². The van der Waals surface area contributed by atoms with Crippen molar-refractivity contribution >= 4 is 29.2 Å². The highest BCUT2D eigenvalue weighted by atomic mass is 35.5. The molecule has 2 N–H and O–H groups in total. The lowest BCUT2D eigenvalue weighted by Gasteiger charge is -2.01. The molecule has 0 amide bonds. The van der Waals surface area contributed by atoms with Crippen LogP contribution in [0.2, 0.25) is 5.02 Å². The molecule has 24 heavy (non-hydrogen) atoms. The van der Waals surface area contributed by atoms with E-state index in [1.165, 1.54) is 24.3 Å². The molecule has 2 rings (SSSR count). The summed E-state index contributed by atoms with van der Waals surface area (Å²) in [5.74, 6) is -0.212. The molecule has 2 aromatic rings. The maximum Gasteiger partial charge on any atom is 0.163 e. The summed E-state index contributed by atoms with van der Waals surface area (Å²) in [4.78, 5) is 23.7. The number of phenols is 2. The number of carbonyl (C=O) groups excluding carboxylic acids is 2. The Balaban J connectivity index is 1.83. The third-order valence-corrected chi connectivity index (χ3v) is 3.76. The first-order valence-corrected chi connectivity index (χ1v) is 7.81. The fourth-order valence-corrected chi connectivity index (χ4v) is 2.36. The van der Waals surface area contributed by atoms with Crippen LogP contribution in [-0.2, 0) is 16.0 Å². The highest BCUT2D eigenvalue weighted by Gasteiger charge is 2.08. The molecule has 0 spiro atoms. The number of carbonyl (C=O) groups is 2. The Bertz CT molecular complexity index is 763. The number of aryl methyl sites for hydroxylation is 1. The summed E-state index contributed by atoms with van der Waals surface area (Å²) >= 11 is 5.94. The smallest absolute Gasteiger partial charge is 0.163 e. The third-order valence-electron chi connectivity index (χ3n) is 3.43. The summed E-state index contributed by atoms with van der Waals surface area (Å²) in [6.45, 7) is 0. The molecule has 0 aliphatic heterocycles. The number of phenolic OH excluding ortho intramolecular Hbond substituents is 2. The second-order valence-electron chi connectivity index (χ2n) is 5.39. The molecule has 0 aromatic heterocycles. The largest absolute Gasteiger partial charge is 0.508 e. The molecule has 124 valence electrons. The van der Waals surface area contributed by atoms with Crippen molar-refractivity contribution in [1.82, 2.24) is 0 Å². The monoisotopic (exact) mass is 344 g/mol. The summed E-state index contributed by atoms with van der Waals surface area (Å²) in [5.41, 5.74) is 1.53. The zero-order valence-corrected chi connectivity index (χ0v) is 13.7. The average molecular weight is 345 g/mol. The topological polar surface area (TPSA) is 74.6 Å². The van der Waals surface area contributed by atoms with Crippen LogP contribution in [0.25, 0.3) is 6.08 Å². The van der Waals surface area contributed by atoms with Gasteiger partial charge in [-0.25, -0.2) is 0 Å². The van der Waals surface area contributed by atoms with Crippen LogP contribution in [0.5, 0.6) is 11.5 Å². The van der Waals surface area contributed by atoms with Crippen LogP contribution in [0.15, 0.2) is 48.5 Å². The van der Waals surface area contributed by atoms with Crippen LogP contribution in [0.1, 0.15) is 24.0 Å². The number of halogens is 1. The highest BCUT2D eigenvalue weighted by molar-refractivity contribution is 6.32. The SMILES string of the molecule is O=C(/C=C/c1ccc(O)cc1Cl)CC(=O)CCc1ccc(O)cc1. The molecule has 0 saturated carbocycles. The lowest BCUT2D eigenvalue weighted by molar-refractivity contribution is -0.124. The first-order valence-electron chi connectivity index (χ1n) is 7.43. The van der Waals surface area contributed by atoms with E-state index < -0.39 is 0 Å². The number of aromatic hydroxyl groups is 2. The molecule has 0 atom stereocenters. The van der Waals surface area contributed by atoms with Gasteiger partial charge in [-0.15, -0.1) is 0 Å². The van der Waals surface area contributed by atoms with Crippen LogP contribution >= 0.6 is 11.6 Å². The van der Waals surface area contributed by atoms with Gasteiger partial charge < -0.3 is 10.2 Å². The van der Waals surface area contributed by atoms with Crippen molar-refractivity contribution < 1.29 is 19.8 Å². The lowest BCUT2D eigenvalue weighted by atomic mass is 10.0. The fourth-order valence-electron chi connectivity index (χ4n) is 2.12. The Labute approximate surface area is 145 Å². The van der Waals surface area contributed by atoms with Crippen LogP contribution in [0.3, 0.4) is 0 Å². The minimum atomic E-state index is -0.296. The Morgan fingerprint density at radius 3 is 2.33 bits per heavy atom. The van der Waals surface area contributed by atoms with Gasteiger partial charge in [0.1, 0.15) is 17.3 Å². The summed E-state index contributed by atoms with van der Waals surface area (Å²) in [5, 5.41) is 18.8. The molecule has 0 aliphatic carbocycles. The Kier molecular flexibility index (Phi) is 6.15. The van der Waals surface area contributed by atoms with Crippen LogP contribution < -0.4 is 0 Å². The van der Waals surface area contributed by atoms with Crippen LogP contribution in [0.4, 0.5) is 0 Å². The number of Topliss-reactive ketones (excluding diaryl/α,β-unsaturated/α-hetero) is 1. The molecular weight excluding hydrogens is 328 g/mol. The second kappa shape index (κ2) is 8.31. The number of allylic oxidation sites excluding steroid dienone is 1. The van der Waals surface area contributed by atoms with E-state index in [0.717, 1.165) is 5.56 Å². The number of ketones is 2. The lowest BCUT2D eigenvalue weighted by Crippen LogP contribution is -2.06. The number of hydrogen-bond acceptors (Lipinski definition) is 4. The van der Waals surface area contributed by atoms with Gasteiger partial charge in [-0.1, -0.05) is 23.7 Å². The van der Waals surface area contributed by atoms with Crippen molar-refractivity contribution in [2.24, 2.45) is 0 Å². The van der Waals surface area contributed by atoms with E-state index in [2.05, 4.69) is 0 Å². The van der Waals surface area contributed by atoms with Crippen LogP contribution in [-0.4, -0.2) is 21.8 Å². The zero-order chi connectivity index (χ0) is 17.5. The van der Waals surface area contributed by atoms with Crippen LogP contribution in [0, 0.1) is 0 Å². The number of rotatable bonds is 7. The van der Waals surface area contributed by atoms with E-state index in [0.29, 0.717) is 17.0 Å². The van der Waals surface area contributed by atoms with Gasteiger partial charge in [0.25, 0.3) is 0 Å².